The average Bonchev–Trinajstić information content (AvgIpc) is 3.19. The highest BCUT2D eigenvalue weighted by atomic mass is 32.1. The Hall–Kier alpha value is -2.35. The smallest absolute Gasteiger partial charge is 0.277 e. The van der Waals surface area contributed by atoms with Crippen molar-refractivity contribution < 1.29 is 9.59 Å². The zero-order valence-electron chi connectivity index (χ0n) is 17.5. The topological polar surface area (TPSA) is 88.1 Å². The van der Waals surface area contributed by atoms with Gasteiger partial charge in [-0.25, -0.2) is 9.97 Å². The number of carbonyl (C=O) groups excluding carboxylic acids is 2. The second kappa shape index (κ2) is 9.64. The highest BCUT2D eigenvalue weighted by Crippen LogP contribution is 2.35. The maximum Gasteiger partial charge on any atom is 0.277 e. The number of aromatic nitrogens is 3. The van der Waals surface area contributed by atoms with Crippen molar-refractivity contribution in [3.63, 3.8) is 0 Å². The van der Waals surface area contributed by atoms with Crippen molar-refractivity contribution in [3.05, 3.63) is 34.9 Å². The fourth-order valence-electron chi connectivity index (χ4n) is 4.46. The number of amides is 2. The van der Waals surface area contributed by atoms with Crippen LogP contribution in [0.2, 0.25) is 0 Å². The van der Waals surface area contributed by atoms with E-state index in [2.05, 4.69) is 27.2 Å². The molecule has 0 unspecified atom stereocenters. The van der Waals surface area contributed by atoms with Gasteiger partial charge in [-0.05, 0) is 31.6 Å². The summed E-state index contributed by atoms with van der Waals surface area (Å²) in [6.07, 6.45) is 13.5. The first-order valence-electron chi connectivity index (χ1n) is 11.0. The molecule has 2 aliphatic rings. The molecule has 2 amide bonds. The summed E-state index contributed by atoms with van der Waals surface area (Å²) in [4.78, 5) is 40.9. The quantitative estimate of drug-likeness (QED) is 0.751. The van der Waals surface area contributed by atoms with Crippen LogP contribution in [0.25, 0.3) is 0 Å². The molecule has 1 aliphatic heterocycles. The summed E-state index contributed by atoms with van der Waals surface area (Å²) in [7, 11) is 0. The Kier molecular flexibility index (Phi) is 6.72. The van der Waals surface area contributed by atoms with Gasteiger partial charge in [0.1, 0.15) is 5.69 Å². The van der Waals surface area contributed by atoms with Gasteiger partial charge in [0.25, 0.3) is 5.91 Å². The normalized spacial score (nSPS) is 21.2. The SMILES string of the molecule is CCCCC1CCC(C(=O)N2CCc3nc(NC(=O)c4cnccn4)sc3C2)CC1. The van der Waals surface area contributed by atoms with E-state index in [0.717, 1.165) is 35.8 Å². The van der Waals surface area contributed by atoms with Crippen LogP contribution in [0.1, 0.15) is 72.9 Å². The Labute approximate surface area is 181 Å². The molecule has 2 aromatic heterocycles. The minimum absolute atomic E-state index is 0.174. The number of carbonyl (C=O) groups is 2. The summed E-state index contributed by atoms with van der Waals surface area (Å²) in [5.41, 5.74) is 1.25. The molecule has 0 bridgehead atoms. The molecule has 4 rings (SSSR count). The van der Waals surface area contributed by atoms with E-state index in [4.69, 9.17) is 0 Å². The summed E-state index contributed by atoms with van der Waals surface area (Å²) in [6, 6.07) is 0. The van der Waals surface area contributed by atoms with E-state index in [1.807, 2.05) is 4.90 Å². The summed E-state index contributed by atoms with van der Waals surface area (Å²) < 4.78 is 0. The van der Waals surface area contributed by atoms with E-state index in [9.17, 15) is 9.59 Å². The van der Waals surface area contributed by atoms with Gasteiger partial charge in [0, 0.05) is 36.2 Å². The number of nitrogens with one attached hydrogen (secondary N) is 1. The van der Waals surface area contributed by atoms with Gasteiger partial charge in [-0.15, -0.1) is 0 Å². The van der Waals surface area contributed by atoms with Crippen LogP contribution < -0.4 is 5.32 Å². The number of thiazole rings is 1. The minimum atomic E-state index is -0.318. The number of fused-ring (bicyclic) bond motifs is 1. The molecule has 0 atom stereocenters. The molecule has 2 aromatic rings. The number of unbranched alkanes of at least 4 members (excludes halogenated alkanes) is 1. The zero-order valence-corrected chi connectivity index (χ0v) is 18.3. The second-order valence-corrected chi connectivity index (χ2v) is 9.39. The zero-order chi connectivity index (χ0) is 20.9. The summed E-state index contributed by atoms with van der Waals surface area (Å²) in [5, 5.41) is 3.36. The molecule has 0 aromatic carbocycles. The van der Waals surface area contributed by atoms with Crippen molar-refractivity contribution >= 4 is 28.3 Å². The van der Waals surface area contributed by atoms with Gasteiger partial charge in [0.15, 0.2) is 5.13 Å². The highest BCUT2D eigenvalue weighted by molar-refractivity contribution is 7.15. The maximum absolute atomic E-state index is 13.1. The molecule has 1 N–H and O–H groups in total. The first-order chi connectivity index (χ1) is 14.6. The molecule has 3 heterocycles. The lowest BCUT2D eigenvalue weighted by atomic mass is 9.79. The monoisotopic (exact) mass is 427 g/mol. The fourth-order valence-corrected chi connectivity index (χ4v) is 5.48. The largest absolute Gasteiger partial charge is 0.337 e. The van der Waals surface area contributed by atoms with Gasteiger partial charge >= 0.3 is 0 Å². The molecule has 0 saturated heterocycles. The van der Waals surface area contributed by atoms with Gasteiger partial charge in [0.2, 0.25) is 5.91 Å². The van der Waals surface area contributed by atoms with E-state index in [0.29, 0.717) is 24.1 Å². The van der Waals surface area contributed by atoms with Gasteiger partial charge in [-0.3, -0.25) is 19.9 Å². The first kappa shape index (κ1) is 20.9. The van der Waals surface area contributed by atoms with Gasteiger partial charge in [0.05, 0.1) is 18.4 Å². The summed E-state index contributed by atoms with van der Waals surface area (Å²) in [6.45, 7) is 3.55. The average molecular weight is 428 g/mol. The molecule has 1 saturated carbocycles. The lowest BCUT2D eigenvalue weighted by Gasteiger charge is -2.33. The lowest BCUT2D eigenvalue weighted by Crippen LogP contribution is -2.40. The van der Waals surface area contributed by atoms with Crippen molar-refractivity contribution in [3.8, 4) is 0 Å². The van der Waals surface area contributed by atoms with Crippen LogP contribution in [0.15, 0.2) is 18.6 Å². The van der Waals surface area contributed by atoms with E-state index in [1.54, 1.807) is 0 Å². The highest BCUT2D eigenvalue weighted by Gasteiger charge is 2.32. The molecule has 1 aliphatic carbocycles. The van der Waals surface area contributed by atoms with E-state index in [1.165, 1.54) is 62.0 Å². The molecule has 0 spiro atoms. The Morgan fingerprint density at radius 1 is 1.23 bits per heavy atom. The van der Waals surface area contributed by atoms with Crippen molar-refractivity contribution in [2.75, 3.05) is 11.9 Å². The molecule has 7 nitrogen and oxygen atoms in total. The number of hydrogen-bond donors (Lipinski definition) is 1. The Morgan fingerprint density at radius 2 is 2.07 bits per heavy atom. The number of nitrogens with zero attached hydrogens (tertiary/aromatic N) is 4. The van der Waals surface area contributed by atoms with Crippen molar-refractivity contribution in [1.82, 2.24) is 19.9 Å². The maximum atomic E-state index is 13.1. The first-order valence-corrected chi connectivity index (χ1v) is 11.8. The van der Waals surface area contributed by atoms with Crippen LogP contribution in [0.3, 0.4) is 0 Å². The van der Waals surface area contributed by atoms with Crippen molar-refractivity contribution in [2.45, 2.75) is 64.8 Å². The second-order valence-electron chi connectivity index (χ2n) is 8.30. The Balaban J connectivity index is 1.33. The standard InChI is InChI=1S/C22H29N5O2S/c1-2-3-4-15-5-7-16(8-6-15)21(29)27-12-9-17-19(14-27)30-22(25-17)26-20(28)18-13-23-10-11-24-18/h10-11,13,15-16H,2-9,12,14H2,1H3,(H,25,26,28). The Bertz CT molecular complexity index is 877. The third-order valence-corrected chi connectivity index (χ3v) is 7.22. The van der Waals surface area contributed by atoms with Gasteiger partial charge < -0.3 is 4.90 Å². The molecule has 30 heavy (non-hydrogen) atoms. The molecule has 8 heteroatoms. The van der Waals surface area contributed by atoms with Gasteiger partial charge in [-0.2, -0.15) is 0 Å². The number of anilines is 1. The number of hydrogen-bond acceptors (Lipinski definition) is 6. The molecular weight excluding hydrogens is 398 g/mol. The Morgan fingerprint density at radius 3 is 2.80 bits per heavy atom. The lowest BCUT2D eigenvalue weighted by molar-refractivity contribution is -0.137. The third kappa shape index (κ3) is 4.86. The predicted octanol–water partition coefficient (Wildman–Crippen LogP) is 4.07. The van der Waals surface area contributed by atoms with Crippen LogP contribution in [-0.4, -0.2) is 38.2 Å². The molecule has 160 valence electrons. The van der Waals surface area contributed by atoms with Crippen LogP contribution in [0, 0.1) is 11.8 Å². The van der Waals surface area contributed by atoms with E-state index in [-0.39, 0.29) is 17.5 Å². The molecule has 1 fully saturated rings. The van der Waals surface area contributed by atoms with Crippen LogP contribution >= 0.6 is 11.3 Å². The summed E-state index contributed by atoms with van der Waals surface area (Å²) in [5.74, 6) is 0.965. The van der Waals surface area contributed by atoms with Crippen molar-refractivity contribution in [1.29, 1.82) is 0 Å². The third-order valence-electron chi connectivity index (χ3n) is 6.22. The number of rotatable bonds is 6. The van der Waals surface area contributed by atoms with E-state index >= 15 is 0 Å². The van der Waals surface area contributed by atoms with E-state index < -0.39 is 0 Å². The van der Waals surface area contributed by atoms with Crippen molar-refractivity contribution in [2.24, 2.45) is 11.8 Å². The fraction of sp³-hybridized carbons (Fsp3) is 0.591. The molecule has 0 radical (unpaired) electrons. The predicted molar refractivity (Wildman–Crippen MR) is 116 cm³/mol. The van der Waals surface area contributed by atoms with Crippen LogP contribution in [0.4, 0.5) is 5.13 Å². The minimum Gasteiger partial charge on any atom is -0.337 e. The molecular formula is C22H29N5O2S. The van der Waals surface area contributed by atoms with Crippen LogP contribution in [-0.2, 0) is 17.8 Å². The summed E-state index contributed by atoms with van der Waals surface area (Å²) >= 11 is 1.45. The van der Waals surface area contributed by atoms with Crippen LogP contribution in [0.5, 0.6) is 0 Å². The van der Waals surface area contributed by atoms with Gasteiger partial charge in [-0.1, -0.05) is 37.5 Å².